The fourth-order valence-corrected chi connectivity index (χ4v) is 6.32. The van der Waals surface area contributed by atoms with Gasteiger partial charge < -0.3 is 10.4 Å². The maximum Gasteiger partial charge on any atom is 0.254 e. The van der Waals surface area contributed by atoms with Crippen LogP contribution in [0.25, 0.3) is 0 Å². The van der Waals surface area contributed by atoms with Crippen LogP contribution in [0.15, 0.2) is 70.3 Å². The molecular formula is C32H36F2N2O2. The summed E-state index contributed by atoms with van der Waals surface area (Å²) in [5, 5.41) is 14.9. The van der Waals surface area contributed by atoms with Gasteiger partial charge in [-0.05, 0) is 99.8 Å². The highest BCUT2D eigenvalue weighted by Gasteiger charge is 2.54. The summed E-state index contributed by atoms with van der Waals surface area (Å²) in [6, 6.07) is 11.2. The number of carbonyl (C=O) groups excluding carboxylic acids is 1. The van der Waals surface area contributed by atoms with Crippen molar-refractivity contribution < 1.29 is 18.7 Å². The second kappa shape index (κ2) is 9.57. The van der Waals surface area contributed by atoms with Gasteiger partial charge in [0, 0.05) is 17.2 Å². The summed E-state index contributed by atoms with van der Waals surface area (Å²) in [5.41, 5.74) is 3.33. The maximum atomic E-state index is 14.8. The lowest BCUT2D eigenvalue weighted by Crippen LogP contribution is -2.45. The van der Waals surface area contributed by atoms with Gasteiger partial charge in [0.1, 0.15) is 11.6 Å². The van der Waals surface area contributed by atoms with Crippen LogP contribution in [-0.4, -0.2) is 28.4 Å². The maximum absolute atomic E-state index is 14.8. The van der Waals surface area contributed by atoms with Gasteiger partial charge in [0.2, 0.25) is 0 Å². The zero-order valence-electron chi connectivity index (χ0n) is 22.6. The summed E-state index contributed by atoms with van der Waals surface area (Å²) in [5.74, 6) is -1.23. The summed E-state index contributed by atoms with van der Waals surface area (Å²) < 4.78 is 28.2. The number of nitrogens with zero attached hydrogens (tertiary/aromatic N) is 1. The van der Waals surface area contributed by atoms with Crippen LogP contribution < -0.4 is 5.32 Å². The third-order valence-corrected chi connectivity index (χ3v) is 8.55. The molecule has 5 rings (SSSR count). The molecule has 1 aliphatic heterocycles. The van der Waals surface area contributed by atoms with Gasteiger partial charge >= 0.3 is 0 Å². The van der Waals surface area contributed by atoms with Crippen LogP contribution in [-0.2, 0) is 6.42 Å². The minimum Gasteiger partial charge on any atom is -0.389 e. The Morgan fingerprint density at radius 3 is 2.58 bits per heavy atom. The van der Waals surface area contributed by atoms with Gasteiger partial charge in [-0.3, -0.25) is 9.79 Å². The van der Waals surface area contributed by atoms with Gasteiger partial charge in [-0.1, -0.05) is 42.8 Å². The number of hydrogen-bond donors (Lipinski definition) is 2. The third-order valence-electron chi connectivity index (χ3n) is 8.55. The first-order valence-electron chi connectivity index (χ1n) is 13.4. The van der Waals surface area contributed by atoms with E-state index in [0.29, 0.717) is 31.2 Å². The molecular weight excluding hydrogens is 482 g/mol. The number of amides is 1. The van der Waals surface area contributed by atoms with Crippen molar-refractivity contribution in [2.75, 3.05) is 0 Å². The average molecular weight is 519 g/mol. The van der Waals surface area contributed by atoms with E-state index >= 15 is 0 Å². The molecule has 6 heteroatoms. The Bertz CT molecular complexity index is 1350. The fourth-order valence-electron chi connectivity index (χ4n) is 6.32. The summed E-state index contributed by atoms with van der Waals surface area (Å²) >= 11 is 0. The number of carbonyl (C=O) groups is 1. The number of dihydropyridines is 1. The van der Waals surface area contributed by atoms with E-state index < -0.39 is 28.3 Å². The Hall–Kier alpha value is -3.12. The quantitative estimate of drug-likeness (QED) is 0.457. The van der Waals surface area contributed by atoms with Gasteiger partial charge in [-0.2, -0.15) is 0 Å². The Morgan fingerprint density at radius 2 is 1.87 bits per heavy atom. The number of aliphatic hydroxyl groups is 1. The zero-order chi connectivity index (χ0) is 27.3. The van der Waals surface area contributed by atoms with E-state index in [2.05, 4.69) is 18.3 Å². The molecule has 2 N–H and O–H groups in total. The summed E-state index contributed by atoms with van der Waals surface area (Å²) in [7, 11) is 0. The molecule has 0 aromatic heterocycles. The molecule has 2 aromatic carbocycles. The number of benzene rings is 2. The molecule has 2 aromatic rings. The number of nitrogens with one attached hydrogen (secondary N) is 1. The van der Waals surface area contributed by atoms with Gasteiger partial charge in [-0.25, -0.2) is 8.78 Å². The van der Waals surface area contributed by atoms with Gasteiger partial charge in [-0.15, -0.1) is 0 Å². The molecule has 0 saturated heterocycles. The number of halogens is 2. The lowest BCUT2D eigenvalue weighted by atomic mass is 9.64. The van der Waals surface area contributed by atoms with Crippen molar-refractivity contribution in [3.63, 3.8) is 0 Å². The highest BCUT2D eigenvalue weighted by molar-refractivity contribution is 5.96. The second-order valence-electron chi connectivity index (χ2n) is 12.3. The van der Waals surface area contributed by atoms with Crippen LogP contribution in [0.1, 0.15) is 87.3 Å². The molecule has 0 bridgehead atoms. The van der Waals surface area contributed by atoms with Gasteiger partial charge in [0.25, 0.3) is 5.91 Å². The molecule has 200 valence electrons. The van der Waals surface area contributed by atoms with Crippen molar-refractivity contribution in [3.05, 3.63) is 93.6 Å². The number of rotatable bonds is 5. The monoisotopic (exact) mass is 518 g/mol. The summed E-state index contributed by atoms with van der Waals surface area (Å²) in [6.45, 7) is 7.71. The lowest BCUT2D eigenvalue weighted by molar-refractivity contribution is -0.0460. The van der Waals surface area contributed by atoms with Gasteiger partial charge in [0.15, 0.2) is 0 Å². The Labute approximate surface area is 223 Å². The number of aliphatic imine (C=N–C) groups is 1. The first kappa shape index (κ1) is 26.5. The summed E-state index contributed by atoms with van der Waals surface area (Å²) in [4.78, 5) is 17.7. The zero-order valence-corrected chi connectivity index (χ0v) is 22.6. The van der Waals surface area contributed by atoms with Crippen molar-refractivity contribution in [2.45, 2.75) is 83.4 Å². The molecule has 1 fully saturated rings. The minimum absolute atomic E-state index is 0.0403. The molecule has 4 nitrogen and oxygen atoms in total. The predicted octanol–water partition coefficient (Wildman–Crippen LogP) is 6.80. The van der Waals surface area contributed by atoms with E-state index in [1.807, 2.05) is 27.0 Å². The highest BCUT2D eigenvalue weighted by atomic mass is 19.1. The van der Waals surface area contributed by atoms with Crippen LogP contribution in [0.2, 0.25) is 0 Å². The van der Waals surface area contributed by atoms with Crippen LogP contribution in [0.5, 0.6) is 0 Å². The molecule has 2 unspecified atom stereocenters. The van der Waals surface area contributed by atoms with Crippen LogP contribution in [0.3, 0.4) is 0 Å². The van der Waals surface area contributed by atoms with Crippen molar-refractivity contribution in [1.29, 1.82) is 0 Å². The van der Waals surface area contributed by atoms with E-state index in [1.165, 1.54) is 29.3 Å². The highest BCUT2D eigenvalue weighted by Crippen LogP contribution is 2.58. The molecule has 38 heavy (non-hydrogen) atoms. The molecule has 3 aliphatic rings. The third kappa shape index (κ3) is 4.86. The van der Waals surface area contributed by atoms with Crippen LogP contribution in [0, 0.1) is 17.0 Å². The topological polar surface area (TPSA) is 61.7 Å². The van der Waals surface area contributed by atoms with Crippen molar-refractivity contribution >= 4 is 12.1 Å². The Balaban J connectivity index is 1.34. The average Bonchev–Trinajstić information content (AvgIpc) is 3.10. The van der Waals surface area contributed by atoms with Crippen molar-refractivity contribution in [2.24, 2.45) is 10.4 Å². The van der Waals surface area contributed by atoms with Crippen LogP contribution >= 0.6 is 0 Å². The largest absolute Gasteiger partial charge is 0.389 e. The van der Waals surface area contributed by atoms with E-state index in [4.69, 9.17) is 4.99 Å². The minimum atomic E-state index is -0.983. The first-order chi connectivity index (χ1) is 17.9. The van der Waals surface area contributed by atoms with Gasteiger partial charge in [0.05, 0.1) is 17.2 Å². The first-order valence-corrected chi connectivity index (χ1v) is 13.4. The van der Waals surface area contributed by atoms with Crippen molar-refractivity contribution in [3.8, 4) is 0 Å². The molecule has 0 spiro atoms. The fraction of sp³-hybridized carbons (Fsp3) is 0.438. The summed E-state index contributed by atoms with van der Waals surface area (Å²) in [6.07, 6.45) is 7.84. The molecule has 0 radical (unpaired) electrons. The second-order valence-corrected chi connectivity index (χ2v) is 12.3. The predicted molar refractivity (Wildman–Crippen MR) is 146 cm³/mol. The lowest BCUT2D eigenvalue weighted by Gasteiger charge is -2.44. The Morgan fingerprint density at radius 1 is 1.13 bits per heavy atom. The molecule has 3 atom stereocenters. The molecule has 1 saturated carbocycles. The molecule has 1 heterocycles. The number of allylic oxidation sites excluding steroid dienone is 2. The normalized spacial score (nSPS) is 26.6. The molecule has 1 amide bonds. The van der Waals surface area contributed by atoms with E-state index in [-0.39, 0.29) is 17.4 Å². The van der Waals surface area contributed by atoms with Crippen molar-refractivity contribution in [1.82, 2.24) is 5.32 Å². The Kier molecular flexibility index (Phi) is 6.67. The van der Waals surface area contributed by atoms with E-state index in [1.54, 1.807) is 24.3 Å². The van der Waals surface area contributed by atoms with E-state index in [0.717, 1.165) is 24.0 Å². The standard InChI is InChI=1S/C32H36F2N2O2/c1-30(2,3)36-29(37)28-21(6-5-7-26(28)34)12-14-32(38)15-13-24-16-22-17-27(20-8-10-25(33)11-9-20)35-19-23(22)18-31(24,32)4/h5-11,16,19,27,38H,12-15,17-18H2,1-4H3,(H,36,37)/t27?,31?,32-/m0/s1. The molecule has 2 aliphatic carbocycles. The SMILES string of the molecule is CC(C)(C)NC(=O)c1c(F)cccc1CC[C@]1(O)CCC2=CC3=C(C=NC(c4ccc(F)cc4)C3)CC21C. The number of aryl methyl sites for hydroxylation is 1. The number of fused-ring (bicyclic) bond motifs is 1. The smallest absolute Gasteiger partial charge is 0.254 e. The van der Waals surface area contributed by atoms with Crippen LogP contribution in [0.4, 0.5) is 8.78 Å². The van der Waals surface area contributed by atoms with E-state index in [9.17, 15) is 18.7 Å². The number of hydrogen-bond acceptors (Lipinski definition) is 3.